The normalized spacial score (nSPS) is 12.3. The molecule has 2 amide bonds. The van der Waals surface area contributed by atoms with Gasteiger partial charge in [-0.1, -0.05) is 24.8 Å². The van der Waals surface area contributed by atoms with Crippen molar-refractivity contribution in [2.24, 2.45) is 7.05 Å². The molecule has 0 radical (unpaired) electrons. The summed E-state index contributed by atoms with van der Waals surface area (Å²) in [4.78, 5) is 32.9. The third-order valence-corrected chi connectivity index (χ3v) is 6.11. The summed E-state index contributed by atoms with van der Waals surface area (Å²) < 4.78 is 39.7. The maximum atomic E-state index is 12.6. The lowest BCUT2D eigenvalue weighted by Crippen LogP contribution is -2.33. The van der Waals surface area contributed by atoms with Crippen molar-refractivity contribution in [3.05, 3.63) is 72.6 Å². The summed E-state index contributed by atoms with van der Waals surface area (Å²) >= 11 is 0. The summed E-state index contributed by atoms with van der Waals surface area (Å²) in [5, 5.41) is 8.69. The van der Waals surface area contributed by atoms with Crippen molar-refractivity contribution in [2.75, 3.05) is 17.2 Å². The van der Waals surface area contributed by atoms with Gasteiger partial charge in [0, 0.05) is 30.4 Å². The van der Waals surface area contributed by atoms with Crippen molar-refractivity contribution in [3.8, 4) is 22.4 Å². The summed E-state index contributed by atoms with van der Waals surface area (Å²) in [7, 11) is 1.88. The molecule has 188 valence electrons. The zero-order valence-corrected chi connectivity index (χ0v) is 19.6. The lowest BCUT2D eigenvalue weighted by Gasteiger charge is -2.14. The van der Waals surface area contributed by atoms with Crippen LogP contribution < -0.4 is 16.0 Å². The number of carbonyl (C=O) groups is 2. The number of nitrogens with one attached hydrogen (secondary N) is 3. The molecular formula is C26H21F3N6O2. The summed E-state index contributed by atoms with van der Waals surface area (Å²) in [5.41, 5.74) is 5.45. The Bertz CT molecular complexity index is 1560. The molecule has 8 nitrogen and oxygen atoms in total. The molecule has 0 aliphatic carbocycles. The maximum Gasteiger partial charge on any atom is 0.405 e. The van der Waals surface area contributed by atoms with E-state index in [1.807, 2.05) is 29.1 Å². The Morgan fingerprint density at radius 2 is 1.92 bits per heavy atom. The van der Waals surface area contributed by atoms with Crippen LogP contribution in [-0.4, -0.2) is 39.1 Å². The van der Waals surface area contributed by atoms with E-state index < -0.39 is 18.6 Å². The Morgan fingerprint density at radius 3 is 2.62 bits per heavy atom. The van der Waals surface area contributed by atoms with Gasteiger partial charge in [0.05, 0.1) is 11.1 Å². The van der Waals surface area contributed by atoms with Gasteiger partial charge in [0.2, 0.25) is 5.91 Å². The van der Waals surface area contributed by atoms with Crippen LogP contribution in [0.2, 0.25) is 0 Å². The highest BCUT2D eigenvalue weighted by atomic mass is 19.4. The van der Waals surface area contributed by atoms with Gasteiger partial charge in [0.1, 0.15) is 24.3 Å². The molecule has 0 spiro atoms. The van der Waals surface area contributed by atoms with E-state index >= 15 is 0 Å². The van der Waals surface area contributed by atoms with Crippen LogP contribution in [-0.2, 0) is 18.4 Å². The first kappa shape index (κ1) is 24.0. The number of anilines is 2. The number of carbonyl (C=O) groups excluding carboxylic acids is 2. The van der Waals surface area contributed by atoms with Crippen LogP contribution in [0.5, 0.6) is 0 Å². The second-order valence-electron chi connectivity index (χ2n) is 8.50. The van der Waals surface area contributed by atoms with Crippen LogP contribution in [0.15, 0.2) is 61.4 Å². The number of halogens is 3. The number of hydrogen-bond acceptors (Lipinski definition) is 5. The molecule has 0 bridgehead atoms. The molecule has 4 aromatic rings. The van der Waals surface area contributed by atoms with Gasteiger partial charge < -0.3 is 20.5 Å². The molecule has 0 fully saturated rings. The second kappa shape index (κ2) is 9.08. The largest absolute Gasteiger partial charge is 0.405 e. The molecule has 37 heavy (non-hydrogen) atoms. The Morgan fingerprint density at radius 1 is 1.16 bits per heavy atom. The number of hydrogen-bond donors (Lipinski definition) is 3. The molecule has 0 atom stereocenters. The number of benzene rings is 2. The van der Waals surface area contributed by atoms with Gasteiger partial charge in [-0.15, -0.1) is 0 Å². The Labute approximate surface area is 209 Å². The number of nitrogens with zero attached hydrogens (tertiary/aromatic N) is 3. The topological polar surface area (TPSA) is 101 Å². The van der Waals surface area contributed by atoms with Crippen molar-refractivity contribution in [3.63, 3.8) is 0 Å². The van der Waals surface area contributed by atoms with Crippen LogP contribution in [0.4, 0.5) is 24.7 Å². The van der Waals surface area contributed by atoms with Gasteiger partial charge in [-0.05, 0) is 47.0 Å². The van der Waals surface area contributed by atoms with Gasteiger partial charge in [-0.3, -0.25) is 9.59 Å². The van der Waals surface area contributed by atoms with Crippen molar-refractivity contribution < 1.29 is 22.8 Å². The molecular weight excluding hydrogens is 485 g/mol. The number of fused-ring (bicyclic) bond motifs is 2. The molecule has 0 saturated heterocycles. The van der Waals surface area contributed by atoms with E-state index in [9.17, 15) is 22.8 Å². The molecule has 1 aliphatic rings. The molecule has 0 unspecified atom stereocenters. The third-order valence-electron chi connectivity index (χ3n) is 6.11. The highest BCUT2D eigenvalue weighted by Crippen LogP contribution is 2.45. The molecule has 11 heteroatoms. The maximum absolute atomic E-state index is 12.6. The van der Waals surface area contributed by atoms with Crippen molar-refractivity contribution in [1.29, 1.82) is 0 Å². The molecule has 0 saturated carbocycles. The van der Waals surface area contributed by atoms with E-state index in [-0.39, 0.29) is 11.5 Å². The van der Waals surface area contributed by atoms with Gasteiger partial charge >= 0.3 is 6.18 Å². The minimum atomic E-state index is -4.50. The number of amides is 2. The fourth-order valence-electron chi connectivity index (χ4n) is 4.48. The average molecular weight is 506 g/mol. The van der Waals surface area contributed by atoms with Gasteiger partial charge in [0.15, 0.2) is 0 Å². The first-order chi connectivity index (χ1) is 17.7. The van der Waals surface area contributed by atoms with Gasteiger partial charge in [0.25, 0.3) is 5.91 Å². The van der Waals surface area contributed by atoms with Crippen molar-refractivity contribution >= 4 is 34.4 Å². The average Bonchev–Trinajstić information content (AvgIpc) is 3.07. The predicted molar refractivity (Wildman–Crippen MR) is 134 cm³/mol. The molecule has 3 N–H and O–H groups in total. The van der Waals surface area contributed by atoms with Gasteiger partial charge in [-0.2, -0.15) is 13.2 Å². The zero-order valence-electron chi connectivity index (χ0n) is 19.6. The highest BCUT2D eigenvalue weighted by molar-refractivity contribution is 6.10. The van der Waals surface area contributed by atoms with E-state index in [1.54, 1.807) is 24.3 Å². The first-order valence-electron chi connectivity index (χ1n) is 11.3. The monoisotopic (exact) mass is 506 g/mol. The van der Waals surface area contributed by atoms with E-state index in [2.05, 4.69) is 27.2 Å². The summed E-state index contributed by atoms with van der Waals surface area (Å²) in [6.07, 6.45) is -1.86. The minimum Gasteiger partial charge on any atom is -0.365 e. The lowest BCUT2D eigenvalue weighted by atomic mass is 9.94. The van der Waals surface area contributed by atoms with E-state index in [0.717, 1.165) is 33.3 Å². The highest BCUT2D eigenvalue weighted by Gasteiger charge is 2.29. The van der Waals surface area contributed by atoms with E-state index in [0.29, 0.717) is 23.7 Å². The summed E-state index contributed by atoms with van der Waals surface area (Å²) in [6.45, 7) is 2.36. The molecule has 1 aliphatic heterocycles. The molecule has 2 aromatic carbocycles. The van der Waals surface area contributed by atoms with Crippen LogP contribution >= 0.6 is 0 Å². The van der Waals surface area contributed by atoms with Gasteiger partial charge in [-0.25, -0.2) is 9.97 Å². The fraction of sp³-hybridized carbons (Fsp3) is 0.154. The molecule has 3 heterocycles. The third kappa shape index (κ3) is 4.51. The standard InChI is InChI=1S/C26H21F3N6O2/c1-3-19(36)34-17-7-4-14(5-8-17)22-20-18-9-6-15(25(37)31-12-26(27,28)29)10-16(18)11-30-23-21(20)24(35(22)2)33-13-32-23/h3-10,13H,1,11-12H2,2H3,(H,31,37)(H,34,36)(H,30,32,33). The number of rotatable bonds is 5. The van der Waals surface area contributed by atoms with E-state index in [1.165, 1.54) is 18.5 Å². The number of aromatic nitrogens is 3. The molecule has 5 rings (SSSR count). The first-order valence-corrected chi connectivity index (χ1v) is 11.3. The summed E-state index contributed by atoms with van der Waals surface area (Å²) in [6, 6.07) is 12.1. The van der Waals surface area contributed by atoms with E-state index in [4.69, 9.17) is 0 Å². The van der Waals surface area contributed by atoms with Crippen LogP contribution in [0, 0.1) is 0 Å². The predicted octanol–water partition coefficient (Wildman–Crippen LogP) is 4.64. The summed E-state index contributed by atoms with van der Waals surface area (Å²) in [5.74, 6) is -0.521. The van der Waals surface area contributed by atoms with Crippen LogP contribution in [0.1, 0.15) is 15.9 Å². The van der Waals surface area contributed by atoms with Crippen molar-refractivity contribution in [2.45, 2.75) is 12.7 Å². The fourth-order valence-corrected chi connectivity index (χ4v) is 4.48. The Balaban J connectivity index is 1.62. The lowest BCUT2D eigenvalue weighted by molar-refractivity contribution is -0.123. The Hall–Kier alpha value is -4.67. The van der Waals surface area contributed by atoms with Crippen LogP contribution in [0.25, 0.3) is 33.4 Å². The SMILES string of the molecule is C=CC(=O)Nc1ccc(-c2c3c4c(ncnc4n2C)NCc2cc(C(=O)NCC(F)(F)F)ccc2-3)cc1. The minimum absolute atomic E-state index is 0.123. The number of alkyl halides is 3. The second-order valence-corrected chi connectivity index (χ2v) is 8.50. The van der Waals surface area contributed by atoms with Crippen LogP contribution in [0.3, 0.4) is 0 Å². The molecule has 2 aromatic heterocycles. The zero-order chi connectivity index (χ0) is 26.3. The van der Waals surface area contributed by atoms with Crippen molar-refractivity contribution in [1.82, 2.24) is 19.9 Å². The smallest absolute Gasteiger partial charge is 0.365 e. The Kier molecular flexibility index (Phi) is 5.90. The quantitative estimate of drug-likeness (QED) is 0.342. The number of aryl methyl sites for hydroxylation is 1.